The third kappa shape index (κ3) is 3.03. The molecule has 0 unspecified atom stereocenters. The summed E-state index contributed by atoms with van der Waals surface area (Å²) < 4.78 is 14.2. The minimum atomic E-state index is -0.545. The summed E-state index contributed by atoms with van der Waals surface area (Å²) in [5, 5.41) is 0.457. The molecule has 8 heteroatoms. The van der Waals surface area contributed by atoms with E-state index in [4.69, 9.17) is 23.1 Å². The highest BCUT2D eigenvalue weighted by Crippen LogP contribution is 2.35. The Morgan fingerprint density at radius 3 is 2.75 bits per heavy atom. The molecule has 1 aromatic carbocycles. The van der Waals surface area contributed by atoms with Crippen LogP contribution in [-0.4, -0.2) is 28.4 Å². The van der Waals surface area contributed by atoms with Gasteiger partial charge in [-0.3, -0.25) is 4.98 Å². The highest BCUT2D eigenvalue weighted by Gasteiger charge is 2.26. The lowest BCUT2D eigenvalue weighted by atomic mass is 9.91. The number of amides is 2. The van der Waals surface area contributed by atoms with Gasteiger partial charge in [0.2, 0.25) is 0 Å². The van der Waals surface area contributed by atoms with E-state index < -0.39 is 6.03 Å². The fourth-order valence-electron chi connectivity index (χ4n) is 2.82. The van der Waals surface area contributed by atoms with Crippen molar-refractivity contribution in [2.75, 3.05) is 6.54 Å². The van der Waals surface area contributed by atoms with Crippen LogP contribution in [0.25, 0.3) is 11.1 Å². The Morgan fingerprint density at radius 2 is 2.04 bits per heavy atom. The van der Waals surface area contributed by atoms with Crippen LogP contribution in [0, 0.1) is 5.82 Å². The molecule has 124 valence electrons. The summed E-state index contributed by atoms with van der Waals surface area (Å²) in [7, 11) is 0. The third-order valence-electron chi connectivity index (χ3n) is 3.91. The van der Waals surface area contributed by atoms with Crippen molar-refractivity contribution in [2.45, 2.75) is 13.0 Å². The highest BCUT2D eigenvalue weighted by molar-refractivity contribution is 6.33. The number of aromatic nitrogens is 1. The second-order valence-corrected chi connectivity index (χ2v) is 5.81. The van der Waals surface area contributed by atoms with Gasteiger partial charge in [0.15, 0.2) is 5.96 Å². The molecule has 0 saturated heterocycles. The molecule has 1 aliphatic rings. The maximum Gasteiger partial charge on any atom is 0.347 e. The van der Waals surface area contributed by atoms with Gasteiger partial charge in [-0.05, 0) is 35.2 Å². The molecule has 0 spiro atoms. The van der Waals surface area contributed by atoms with Gasteiger partial charge >= 0.3 is 6.03 Å². The Bertz CT molecular complexity index is 835. The summed E-state index contributed by atoms with van der Waals surface area (Å²) in [6.07, 6.45) is 3.52. The SMILES string of the molecule is NC(N)=NC(=O)N1CCc2c(F)ccc(-c3ccncc3Cl)c2C1. The van der Waals surface area contributed by atoms with Gasteiger partial charge in [-0.1, -0.05) is 17.7 Å². The first kappa shape index (κ1) is 16.2. The van der Waals surface area contributed by atoms with E-state index in [0.717, 1.165) is 11.1 Å². The van der Waals surface area contributed by atoms with E-state index in [0.29, 0.717) is 29.1 Å². The smallest absolute Gasteiger partial charge is 0.347 e. The number of nitrogens with zero attached hydrogens (tertiary/aromatic N) is 3. The topological polar surface area (TPSA) is 97.6 Å². The van der Waals surface area contributed by atoms with Crippen molar-refractivity contribution in [3.8, 4) is 11.1 Å². The highest BCUT2D eigenvalue weighted by atomic mass is 35.5. The van der Waals surface area contributed by atoms with Crippen LogP contribution >= 0.6 is 11.6 Å². The first-order valence-electron chi connectivity index (χ1n) is 7.26. The third-order valence-corrected chi connectivity index (χ3v) is 4.21. The number of benzene rings is 1. The lowest BCUT2D eigenvalue weighted by Crippen LogP contribution is -2.37. The molecule has 0 atom stereocenters. The molecule has 2 amide bonds. The maximum atomic E-state index is 14.2. The molecule has 0 fully saturated rings. The number of nitrogens with two attached hydrogens (primary N) is 2. The van der Waals surface area contributed by atoms with Crippen molar-refractivity contribution in [2.24, 2.45) is 16.5 Å². The van der Waals surface area contributed by atoms with E-state index in [-0.39, 0.29) is 18.3 Å². The summed E-state index contributed by atoms with van der Waals surface area (Å²) >= 11 is 6.22. The zero-order valence-electron chi connectivity index (χ0n) is 12.7. The number of rotatable bonds is 1. The minimum absolute atomic E-state index is 0.205. The molecule has 1 aliphatic heterocycles. The molecule has 0 saturated carbocycles. The average molecular weight is 348 g/mol. The number of hydrogen-bond acceptors (Lipinski definition) is 2. The predicted molar refractivity (Wildman–Crippen MR) is 90.0 cm³/mol. The van der Waals surface area contributed by atoms with Crippen LogP contribution in [0.15, 0.2) is 35.6 Å². The van der Waals surface area contributed by atoms with E-state index in [9.17, 15) is 9.18 Å². The van der Waals surface area contributed by atoms with E-state index in [1.807, 2.05) is 0 Å². The Labute approximate surface area is 142 Å². The monoisotopic (exact) mass is 347 g/mol. The van der Waals surface area contributed by atoms with Crippen molar-refractivity contribution in [3.05, 3.63) is 52.6 Å². The lowest BCUT2D eigenvalue weighted by Gasteiger charge is -2.29. The molecule has 3 rings (SSSR count). The number of urea groups is 1. The lowest BCUT2D eigenvalue weighted by molar-refractivity contribution is 0.202. The zero-order chi connectivity index (χ0) is 17.3. The van der Waals surface area contributed by atoms with Crippen LogP contribution in [0.4, 0.5) is 9.18 Å². The Morgan fingerprint density at radius 1 is 1.25 bits per heavy atom. The molecular weight excluding hydrogens is 333 g/mol. The standard InChI is InChI=1S/C16H15ClFN5O/c17-13-7-21-5-3-10(13)9-1-2-14(18)11-4-6-23(8-12(9)11)16(24)22-15(19)20/h1-3,5,7H,4,6,8H2,(H4,19,20,22,24). The van der Waals surface area contributed by atoms with E-state index >= 15 is 0 Å². The molecule has 2 aromatic rings. The van der Waals surface area contributed by atoms with E-state index in [2.05, 4.69) is 9.98 Å². The zero-order valence-corrected chi connectivity index (χ0v) is 13.4. The van der Waals surface area contributed by atoms with Crippen LogP contribution in [0.5, 0.6) is 0 Å². The molecule has 6 nitrogen and oxygen atoms in total. The maximum absolute atomic E-state index is 14.2. The fourth-order valence-corrected chi connectivity index (χ4v) is 3.04. The quantitative estimate of drug-likeness (QED) is 0.611. The summed E-state index contributed by atoms with van der Waals surface area (Å²) in [6.45, 7) is 0.545. The number of guanidine groups is 1. The van der Waals surface area contributed by atoms with E-state index in [1.165, 1.54) is 17.2 Å². The van der Waals surface area contributed by atoms with Crippen molar-refractivity contribution >= 4 is 23.6 Å². The molecular formula is C16H15ClFN5O. The van der Waals surface area contributed by atoms with Crippen molar-refractivity contribution in [1.29, 1.82) is 0 Å². The predicted octanol–water partition coefficient (Wildman–Crippen LogP) is 2.29. The summed E-state index contributed by atoms with van der Waals surface area (Å²) in [6, 6.07) is 4.28. The van der Waals surface area contributed by atoms with Gasteiger partial charge in [-0.25, -0.2) is 9.18 Å². The van der Waals surface area contributed by atoms with E-state index in [1.54, 1.807) is 18.3 Å². The van der Waals surface area contributed by atoms with Crippen molar-refractivity contribution in [1.82, 2.24) is 9.88 Å². The van der Waals surface area contributed by atoms with Crippen LogP contribution in [-0.2, 0) is 13.0 Å². The largest absolute Gasteiger partial charge is 0.370 e. The molecule has 24 heavy (non-hydrogen) atoms. The molecule has 0 aliphatic carbocycles. The van der Waals surface area contributed by atoms with Gasteiger partial charge in [0, 0.05) is 31.0 Å². The number of carbonyl (C=O) groups excluding carboxylic acids is 1. The summed E-state index contributed by atoms with van der Waals surface area (Å²) in [5.41, 5.74) is 13.3. The normalized spacial score (nSPS) is 13.3. The van der Waals surface area contributed by atoms with Crippen LogP contribution in [0.2, 0.25) is 5.02 Å². The molecule has 0 radical (unpaired) electrons. The van der Waals surface area contributed by atoms with Crippen LogP contribution in [0.1, 0.15) is 11.1 Å². The van der Waals surface area contributed by atoms with Gasteiger partial charge in [0.05, 0.1) is 5.02 Å². The van der Waals surface area contributed by atoms with Crippen molar-refractivity contribution < 1.29 is 9.18 Å². The van der Waals surface area contributed by atoms with Gasteiger partial charge in [0.25, 0.3) is 0 Å². The second kappa shape index (κ2) is 6.45. The Balaban J connectivity index is 2.06. The average Bonchev–Trinajstić information content (AvgIpc) is 2.55. The number of halogens is 2. The number of hydrogen-bond donors (Lipinski definition) is 2. The minimum Gasteiger partial charge on any atom is -0.370 e. The first-order chi connectivity index (χ1) is 11.5. The Kier molecular flexibility index (Phi) is 4.35. The van der Waals surface area contributed by atoms with Crippen LogP contribution in [0.3, 0.4) is 0 Å². The van der Waals surface area contributed by atoms with Gasteiger partial charge < -0.3 is 16.4 Å². The summed E-state index contributed by atoms with van der Waals surface area (Å²) in [4.78, 5) is 21.0. The van der Waals surface area contributed by atoms with Gasteiger partial charge in [-0.2, -0.15) is 4.99 Å². The number of pyridine rings is 1. The molecule has 0 bridgehead atoms. The summed E-state index contributed by atoms with van der Waals surface area (Å²) in [5.74, 6) is -0.602. The van der Waals surface area contributed by atoms with Crippen molar-refractivity contribution in [3.63, 3.8) is 0 Å². The first-order valence-corrected chi connectivity index (χ1v) is 7.64. The van der Waals surface area contributed by atoms with Gasteiger partial charge in [-0.15, -0.1) is 0 Å². The van der Waals surface area contributed by atoms with Crippen LogP contribution < -0.4 is 11.5 Å². The fraction of sp³-hybridized carbons (Fsp3) is 0.188. The number of fused-ring (bicyclic) bond motifs is 1. The Hall–Kier alpha value is -2.67. The molecule has 4 N–H and O–H groups in total. The molecule has 2 heterocycles. The molecule has 1 aromatic heterocycles. The number of carbonyl (C=O) groups is 1. The van der Waals surface area contributed by atoms with Gasteiger partial charge in [0.1, 0.15) is 5.82 Å². The number of aliphatic imine (C=N–C) groups is 1. The second-order valence-electron chi connectivity index (χ2n) is 5.40.